The Hall–Kier alpha value is -2.61. The number of nitrogens with zero attached hydrogens (tertiary/aromatic N) is 1. The average molecular weight is 255 g/mol. The number of nitrogens with two attached hydrogens (primary N) is 2. The van der Waals surface area contributed by atoms with E-state index in [1.807, 2.05) is 12.1 Å². The van der Waals surface area contributed by atoms with Crippen LogP contribution in [0.5, 0.6) is 11.5 Å². The number of hydrogen-bond acceptors (Lipinski definition) is 5. The fourth-order valence-electron chi connectivity index (χ4n) is 2.62. The molecule has 0 fully saturated rings. The van der Waals surface area contributed by atoms with E-state index in [4.69, 9.17) is 21.5 Å². The molecule has 2 unspecified atom stereocenters. The van der Waals surface area contributed by atoms with Gasteiger partial charge in [0.25, 0.3) is 0 Å². The van der Waals surface area contributed by atoms with Crippen LogP contribution in [0.3, 0.4) is 0 Å². The van der Waals surface area contributed by atoms with Gasteiger partial charge in [0.2, 0.25) is 0 Å². The summed E-state index contributed by atoms with van der Waals surface area (Å²) >= 11 is 0. The molecule has 96 valence electrons. The van der Waals surface area contributed by atoms with E-state index in [1.165, 1.54) is 0 Å². The number of aromatic hydroxyl groups is 1. The SMILES string of the molecule is N#CC1=C(N)C2Cc3cccc(O)c3OC2C=C1N. The summed E-state index contributed by atoms with van der Waals surface area (Å²) in [7, 11) is 0. The third-order valence-electron chi connectivity index (χ3n) is 3.60. The lowest BCUT2D eigenvalue weighted by atomic mass is 9.82. The molecule has 0 spiro atoms. The molecule has 0 bridgehead atoms. The van der Waals surface area contributed by atoms with E-state index in [0.29, 0.717) is 29.1 Å². The van der Waals surface area contributed by atoms with Gasteiger partial charge in [-0.25, -0.2) is 0 Å². The molecule has 1 aromatic carbocycles. The minimum absolute atomic E-state index is 0.108. The maximum absolute atomic E-state index is 9.80. The molecule has 0 amide bonds. The van der Waals surface area contributed by atoms with Gasteiger partial charge in [0.1, 0.15) is 12.2 Å². The fourth-order valence-corrected chi connectivity index (χ4v) is 2.62. The Morgan fingerprint density at radius 3 is 2.89 bits per heavy atom. The number of hydrogen-bond donors (Lipinski definition) is 3. The number of phenols is 1. The average Bonchev–Trinajstić information content (AvgIpc) is 2.39. The minimum Gasteiger partial charge on any atom is -0.504 e. The lowest BCUT2D eigenvalue weighted by Crippen LogP contribution is -2.39. The molecule has 0 aromatic heterocycles. The van der Waals surface area contributed by atoms with Gasteiger partial charge in [0.15, 0.2) is 11.5 Å². The Kier molecular flexibility index (Phi) is 2.39. The summed E-state index contributed by atoms with van der Waals surface area (Å²) in [6.07, 6.45) is 1.97. The number of nitriles is 1. The van der Waals surface area contributed by atoms with Crippen LogP contribution in [0.1, 0.15) is 5.56 Å². The summed E-state index contributed by atoms with van der Waals surface area (Å²) in [5.74, 6) is 0.466. The fraction of sp³-hybridized carbons (Fsp3) is 0.214. The highest BCUT2D eigenvalue weighted by Gasteiger charge is 2.36. The topological polar surface area (TPSA) is 105 Å². The summed E-state index contributed by atoms with van der Waals surface area (Å²) in [5.41, 5.74) is 13.8. The second kappa shape index (κ2) is 3.95. The minimum atomic E-state index is -0.335. The van der Waals surface area contributed by atoms with Crippen molar-refractivity contribution in [3.05, 3.63) is 46.8 Å². The van der Waals surface area contributed by atoms with Crippen molar-refractivity contribution in [1.29, 1.82) is 5.26 Å². The van der Waals surface area contributed by atoms with Crippen molar-refractivity contribution in [2.24, 2.45) is 17.4 Å². The Morgan fingerprint density at radius 2 is 2.16 bits per heavy atom. The summed E-state index contributed by atoms with van der Waals surface area (Å²) in [6, 6.07) is 7.25. The molecule has 0 radical (unpaired) electrons. The number of fused-ring (bicyclic) bond motifs is 2. The highest BCUT2D eigenvalue weighted by molar-refractivity contribution is 5.53. The highest BCUT2D eigenvalue weighted by atomic mass is 16.5. The van der Waals surface area contributed by atoms with Crippen LogP contribution >= 0.6 is 0 Å². The molecule has 0 saturated heterocycles. The monoisotopic (exact) mass is 255 g/mol. The number of phenolic OH excluding ortho intramolecular Hbond substituents is 1. The molecule has 2 atom stereocenters. The smallest absolute Gasteiger partial charge is 0.165 e. The molecule has 5 nitrogen and oxygen atoms in total. The Balaban J connectivity index is 2.08. The number of benzene rings is 1. The first kappa shape index (κ1) is 11.5. The molecule has 1 aliphatic carbocycles. The normalized spacial score (nSPS) is 24.7. The maximum Gasteiger partial charge on any atom is 0.165 e. The van der Waals surface area contributed by atoms with Crippen LogP contribution in [0, 0.1) is 17.2 Å². The van der Waals surface area contributed by atoms with E-state index in [1.54, 1.807) is 18.2 Å². The van der Waals surface area contributed by atoms with Gasteiger partial charge in [-0.05, 0) is 24.1 Å². The lowest BCUT2D eigenvalue weighted by Gasteiger charge is -2.35. The number of ether oxygens (including phenoxy) is 1. The van der Waals surface area contributed by atoms with Gasteiger partial charge in [-0.1, -0.05) is 12.1 Å². The van der Waals surface area contributed by atoms with E-state index in [-0.39, 0.29) is 17.8 Å². The van der Waals surface area contributed by atoms with E-state index in [2.05, 4.69) is 0 Å². The van der Waals surface area contributed by atoms with Gasteiger partial charge in [0, 0.05) is 11.6 Å². The molecule has 0 saturated carbocycles. The third kappa shape index (κ3) is 1.61. The second-order valence-electron chi connectivity index (χ2n) is 4.72. The van der Waals surface area contributed by atoms with Gasteiger partial charge < -0.3 is 21.3 Å². The van der Waals surface area contributed by atoms with Crippen molar-refractivity contribution in [3.63, 3.8) is 0 Å². The Labute approximate surface area is 110 Å². The van der Waals surface area contributed by atoms with Crippen molar-refractivity contribution in [2.45, 2.75) is 12.5 Å². The van der Waals surface area contributed by atoms with Crippen LogP contribution in [-0.2, 0) is 6.42 Å². The molecule has 19 heavy (non-hydrogen) atoms. The molecule has 5 heteroatoms. The van der Waals surface area contributed by atoms with Crippen molar-refractivity contribution in [1.82, 2.24) is 0 Å². The van der Waals surface area contributed by atoms with Gasteiger partial charge in [-0.3, -0.25) is 0 Å². The Bertz CT molecular complexity index is 655. The summed E-state index contributed by atoms with van der Waals surface area (Å²) in [4.78, 5) is 0. The van der Waals surface area contributed by atoms with Crippen LogP contribution in [-0.4, -0.2) is 11.2 Å². The molecule has 1 aliphatic heterocycles. The van der Waals surface area contributed by atoms with Crippen molar-refractivity contribution >= 4 is 0 Å². The zero-order chi connectivity index (χ0) is 13.6. The second-order valence-corrected chi connectivity index (χ2v) is 4.72. The molecule has 5 N–H and O–H groups in total. The maximum atomic E-state index is 9.80. The molecule has 2 aliphatic rings. The van der Waals surface area contributed by atoms with Crippen LogP contribution in [0.4, 0.5) is 0 Å². The van der Waals surface area contributed by atoms with Crippen molar-refractivity contribution in [3.8, 4) is 17.6 Å². The number of allylic oxidation sites excluding steroid dienone is 1. The van der Waals surface area contributed by atoms with Crippen LogP contribution in [0.2, 0.25) is 0 Å². The molecule has 3 rings (SSSR count). The molecular weight excluding hydrogens is 242 g/mol. The van der Waals surface area contributed by atoms with Crippen LogP contribution in [0.25, 0.3) is 0 Å². The van der Waals surface area contributed by atoms with E-state index in [0.717, 1.165) is 5.56 Å². The zero-order valence-corrected chi connectivity index (χ0v) is 10.1. The van der Waals surface area contributed by atoms with Gasteiger partial charge >= 0.3 is 0 Å². The number of para-hydroxylation sites is 1. The van der Waals surface area contributed by atoms with E-state index in [9.17, 15) is 5.11 Å². The van der Waals surface area contributed by atoms with E-state index < -0.39 is 0 Å². The molecular formula is C14H13N3O2. The van der Waals surface area contributed by atoms with Crippen molar-refractivity contribution in [2.75, 3.05) is 0 Å². The predicted octanol–water partition coefficient (Wildman–Crippen LogP) is 0.904. The first-order valence-corrected chi connectivity index (χ1v) is 5.96. The first-order valence-electron chi connectivity index (χ1n) is 5.96. The van der Waals surface area contributed by atoms with Gasteiger partial charge in [-0.15, -0.1) is 0 Å². The standard InChI is InChI=1S/C14H13N3O2/c15-6-9-10(16)5-12-8(13(9)17)4-7-2-1-3-11(18)14(7)19-12/h1-3,5,8,12,18H,4,16-17H2. The molecule has 1 heterocycles. The third-order valence-corrected chi connectivity index (χ3v) is 3.60. The molecule has 1 aromatic rings. The highest BCUT2D eigenvalue weighted by Crippen LogP contribution is 2.41. The van der Waals surface area contributed by atoms with Crippen LogP contribution in [0.15, 0.2) is 41.2 Å². The predicted molar refractivity (Wildman–Crippen MR) is 68.8 cm³/mol. The zero-order valence-electron chi connectivity index (χ0n) is 10.1. The van der Waals surface area contributed by atoms with E-state index >= 15 is 0 Å². The summed E-state index contributed by atoms with van der Waals surface area (Å²) in [5, 5.41) is 18.9. The summed E-state index contributed by atoms with van der Waals surface area (Å²) < 4.78 is 5.77. The summed E-state index contributed by atoms with van der Waals surface area (Å²) in [6.45, 7) is 0. The van der Waals surface area contributed by atoms with Gasteiger partial charge in [0.05, 0.1) is 11.3 Å². The van der Waals surface area contributed by atoms with Gasteiger partial charge in [-0.2, -0.15) is 5.26 Å². The van der Waals surface area contributed by atoms with Crippen LogP contribution < -0.4 is 16.2 Å². The lowest BCUT2D eigenvalue weighted by molar-refractivity contribution is 0.163. The quantitative estimate of drug-likeness (QED) is 0.639. The largest absolute Gasteiger partial charge is 0.504 e. The Morgan fingerprint density at radius 1 is 1.37 bits per heavy atom. The van der Waals surface area contributed by atoms with Crippen molar-refractivity contribution < 1.29 is 9.84 Å². The number of rotatable bonds is 0. The first-order chi connectivity index (χ1) is 9.11.